The maximum atomic E-state index is 12.5. The molecule has 3 aliphatic rings. The second-order valence-electron chi connectivity index (χ2n) is 14.9. The van der Waals surface area contributed by atoms with Gasteiger partial charge in [0, 0.05) is 5.41 Å². The van der Waals surface area contributed by atoms with Gasteiger partial charge in [0.05, 0.1) is 93.6 Å². The zero-order valence-corrected chi connectivity index (χ0v) is 38.4. The maximum absolute atomic E-state index is 12.5. The number of carbonyl (C=O) groups is 4. The molecule has 1 N–H and O–H groups in total. The SMILES string of the molecule is C.C.CCC1(CO)COC1.CCC1(COC(=O)c2ccc3cc(C(=O)OCC4(CC)COC4)ccc3c2)COC1.COC(=O)c1ccc2cc(C(=O)OC)ccc2c1.C[O-].[K+]. The van der Waals surface area contributed by atoms with E-state index in [4.69, 9.17) is 33.9 Å². The van der Waals surface area contributed by atoms with E-state index in [0.29, 0.717) is 61.9 Å². The first-order chi connectivity index (χ1) is 28.0. The summed E-state index contributed by atoms with van der Waals surface area (Å²) < 4.78 is 35.9. The predicted molar refractivity (Wildman–Crippen MR) is 228 cm³/mol. The Morgan fingerprint density at radius 2 is 0.787 bits per heavy atom. The molecule has 13 nitrogen and oxygen atoms in total. The van der Waals surface area contributed by atoms with Crippen LogP contribution in [0.1, 0.15) is 96.3 Å². The summed E-state index contributed by atoms with van der Waals surface area (Å²) in [5.74, 6) is -1.44. The van der Waals surface area contributed by atoms with Crippen LogP contribution in [0, 0.1) is 16.2 Å². The number of benzene rings is 4. The van der Waals surface area contributed by atoms with Crippen molar-refractivity contribution in [1.82, 2.24) is 0 Å². The van der Waals surface area contributed by atoms with Gasteiger partial charge < -0.3 is 43.4 Å². The summed E-state index contributed by atoms with van der Waals surface area (Å²) in [6.45, 7) is 11.3. The Balaban J connectivity index is 0.000000511. The summed E-state index contributed by atoms with van der Waals surface area (Å²) in [7, 11) is 3.43. The molecule has 0 atom stereocenters. The minimum atomic E-state index is -0.381. The van der Waals surface area contributed by atoms with Crippen LogP contribution >= 0.6 is 0 Å². The Labute approximate surface area is 403 Å². The number of carbonyl (C=O) groups excluding carboxylic acids is 4. The molecule has 14 heteroatoms. The molecule has 0 bridgehead atoms. The second-order valence-corrected chi connectivity index (χ2v) is 14.9. The van der Waals surface area contributed by atoms with Gasteiger partial charge in [-0.15, -0.1) is 0 Å². The number of fused-ring (bicyclic) bond motifs is 2. The van der Waals surface area contributed by atoms with Gasteiger partial charge in [0.15, 0.2) is 0 Å². The number of aliphatic hydroxyl groups excluding tert-OH is 1. The third-order valence-corrected chi connectivity index (χ3v) is 11.0. The minimum absolute atomic E-state index is 0. The second kappa shape index (κ2) is 26.4. The summed E-state index contributed by atoms with van der Waals surface area (Å²) in [5, 5.41) is 20.5. The number of hydrogen-bond acceptors (Lipinski definition) is 13. The van der Waals surface area contributed by atoms with Crippen molar-refractivity contribution in [3.05, 3.63) is 95.1 Å². The van der Waals surface area contributed by atoms with Crippen LogP contribution in [0.3, 0.4) is 0 Å². The third-order valence-electron chi connectivity index (χ3n) is 11.0. The molecule has 3 saturated heterocycles. The minimum Gasteiger partial charge on any atom is -0.857 e. The van der Waals surface area contributed by atoms with Crippen molar-refractivity contribution in [2.75, 3.05) is 80.8 Å². The fourth-order valence-corrected chi connectivity index (χ4v) is 6.20. The molecule has 7 rings (SSSR count). The molecule has 0 amide bonds. The Bertz CT molecular complexity index is 1860. The van der Waals surface area contributed by atoms with Gasteiger partial charge >= 0.3 is 75.3 Å². The molecule has 0 saturated carbocycles. The Morgan fingerprint density at radius 3 is 0.967 bits per heavy atom. The van der Waals surface area contributed by atoms with Gasteiger partial charge in [0.1, 0.15) is 13.2 Å². The van der Waals surface area contributed by atoms with Gasteiger partial charge in [-0.3, -0.25) is 0 Å². The van der Waals surface area contributed by atoms with Crippen LogP contribution in [0.2, 0.25) is 0 Å². The van der Waals surface area contributed by atoms with E-state index in [0.717, 1.165) is 61.1 Å². The Kier molecular flexibility index (Phi) is 24.1. The van der Waals surface area contributed by atoms with Crippen LogP contribution in [0.4, 0.5) is 0 Å². The number of aliphatic hydroxyl groups is 1. The molecule has 0 aromatic heterocycles. The molecule has 3 fully saturated rings. The van der Waals surface area contributed by atoms with Crippen molar-refractivity contribution in [3.63, 3.8) is 0 Å². The van der Waals surface area contributed by atoms with Crippen molar-refractivity contribution in [2.24, 2.45) is 16.2 Å². The van der Waals surface area contributed by atoms with Crippen molar-refractivity contribution >= 4 is 45.4 Å². The first-order valence-corrected chi connectivity index (χ1v) is 19.3. The fraction of sp³-hybridized carbons (Fsp3) is 0.489. The fourth-order valence-electron chi connectivity index (χ4n) is 6.20. The standard InChI is InChI=1S/C24H28O6.C14H12O4.C6H12O2.CH3O.2CH4.K/c1-3-23(11-27-12-23)15-29-21(25)19-7-5-18-10-20(8-6-17(18)9-19)22(26)30-16-24(4-2)13-28-14-24;1-17-13(15)11-5-3-10-8-12(14(16)18-2)6-4-9(10)7-11;1-2-6(3-7)4-8-5-6;1-2;;;/h5-10H,3-4,11-16H2,1-2H3;3-8H,1-2H3;7H,2-5H2,1H3;1H3;2*1H4;/q;;;-1;;;+1. The molecule has 61 heavy (non-hydrogen) atoms. The Morgan fingerprint density at radius 1 is 0.525 bits per heavy atom. The van der Waals surface area contributed by atoms with E-state index in [1.165, 1.54) is 14.2 Å². The quantitative estimate of drug-likeness (QED) is 0.123. The average molecular weight is 875 g/mol. The van der Waals surface area contributed by atoms with Gasteiger partial charge in [0.25, 0.3) is 0 Å². The summed E-state index contributed by atoms with van der Waals surface area (Å²) in [5.41, 5.74) is 2.03. The van der Waals surface area contributed by atoms with E-state index in [1.807, 2.05) is 12.1 Å². The van der Waals surface area contributed by atoms with Crippen LogP contribution in [-0.4, -0.2) is 110 Å². The molecule has 3 aliphatic heterocycles. The topological polar surface area (TPSA) is 176 Å². The van der Waals surface area contributed by atoms with E-state index in [9.17, 15) is 19.2 Å². The first kappa shape index (κ1) is 55.7. The molecular weight excluding hydrogens is 812 g/mol. The van der Waals surface area contributed by atoms with E-state index >= 15 is 0 Å². The van der Waals surface area contributed by atoms with Crippen LogP contribution < -0.4 is 56.5 Å². The molecule has 4 aromatic rings. The summed E-state index contributed by atoms with van der Waals surface area (Å²) in [4.78, 5) is 47.7. The maximum Gasteiger partial charge on any atom is 1.00 e. The molecule has 0 aliphatic carbocycles. The number of esters is 4. The zero-order valence-electron chi connectivity index (χ0n) is 35.3. The number of methoxy groups -OCH3 is 2. The molecular formula is C47H63KO13. The first-order valence-electron chi connectivity index (χ1n) is 19.3. The molecule has 0 spiro atoms. The van der Waals surface area contributed by atoms with Gasteiger partial charge in [0.2, 0.25) is 0 Å². The monoisotopic (exact) mass is 874 g/mol. The average Bonchev–Trinajstić information content (AvgIpc) is 3.22. The summed E-state index contributed by atoms with van der Waals surface area (Å²) in [6, 6.07) is 21.0. The van der Waals surface area contributed by atoms with Crippen LogP contribution in [0.5, 0.6) is 0 Å². The van der Waals surface area contributed by atoms with Crippen molar-refractivity contribution in [2.45, 2.75) is 54.9 Å². The Hall–Kier alpha value is -3.28. The van der Waals surface area contributed by atoms with Crippen LogP contribution in [0.25, 0.3) is 21.5 Å². The summed E-state index contributed by atoms with van der Waals surface area (Å²) >= 11 is 0. The number of ether oxygens (including phenoxy) is 7. The van der Waals surface area contributed by atoms with Gasteiger partial charge in [-0.05, 0) is 89.3 Å². The number of rotatable bonds is 12. The molecule has 330 valence electrons. The van der Waals surface area contributed by atoms with E-state index in [-0.39, 0.29) is 113 Å². The van der Waals surface area contributed by atoms with Crippen molar-refractivity contribution in [1.29, 1.82) is 0 Å². The van der Waals surface area contributed by atoms with Crippen LogP contribution in [-0.2, 0) is 33.2 Å². The van der Waals surface area contributed by atoms with E-state index < -0.39 is 0 Å². The molecule has 0 radical (unpaired) electrons. The zero-order chi connectivity index (χ0) is 42.3. The molecule has 0 unspecified atom stereocenters. The van der Waals surface area contributed by atoms with Gasteiger partial charge in [-0.25, -0.2) is 19.2 Å². The van der Waals surface area contributed by atoms with Crippen LogP contribution in [0.15, 0.2) is 72.8 Å². The van der Waals surface area contributed by atoms with Crippen molar-refractivity contribution < 1.29 is 114 Å². The smallest absolute Gasteiger partial charge is 0.857 e. The van der Waals surface area contributed by atoms with Crippen molar-refractivity contribution in [3.8, 4) is 0 Å². The van der Waals surface area contributed by atoms with Gasteiger partial charge in [-0.1, -0.05) is 59.9 Å². The third kappa shape index (κ3) is 14.4. The predicted octanol–water partition coefficient (Wildman–Crippen LogP) is 4.08. The largest absolute Gasteiger partial charge is 1.00 e. The van der Waals surface area contributed by atoms with Gasteiger partial charge in [-0.2, -0.15) is 7.11 Å². The van der Waals surface area contributed by atoms with E-state index in [1.54, 1.807) is 60.7 Å². The summed E-state index contributed by atoms with van der Waals surface area (Å²) in [6.07, 6.45) is 2.87. The molecule has 3 heterocycles. The number of hydrogen-bond donors (Lipinski definition) is 1. The normalized spacial score (nSPS) is 15.6. The molecule has 4 aromatic carbocycles. The van der Waals surface area contributed by atoms with E-state index in [2.05, 4.69) is 30.2 Å².